The molecule has 0 radical (unpaired) electrons. The molecule has 98 valence electrons. The summed E-state index contributed by atoms with van der Waals surface area (Å²) in [7, 11) is 0. The Bertz CT molecular complexity index is 612. The van der Waals surface area contributed by atoms with Gasteiger partial charge in [0.1, 0.15) is 18.5 Å². The van der Waals surface area contributed by atoms with Crippen molar-refractivity contribution in [3.8, 4) is 5.88 Å². The molecule has 2 N–H and O–H groups in total. The van der Waals surface area contributed by atoms with Gasteiger partial charge in [0.2, 0.25) is 5.88 Å². The molecule has 0 aliphatic carbocycles. The molecule has 3 rings (SSSR count). The van der Waals surface area contributed by atoms with E-state index in [2.05, 4.69) is 15.3 Å². The van der Waals surface area contributed by atoms with Crippen molar-refractivity contribution in [3.63, 3.8) is 0 Å². The number of aromatic nitrogens is 2. The zero-order chi connectivity index (χ0) is 13.2. The highest BCUT2D eigenvalue weighted by Gasteiger charge is 2.30. The van der Waals surface area contributed by atoms with Crippen molar-refractivity contribution < 1.29 is 14.6 Å². The van der Waals surface area contributed by atoms with Crippen molar-refractivity contribution in [1.29, 1.82) is 0 Å². The number of carboxylic acids is 1. The van der Waals surface area contributed by atoms with Crippen molar-refractivity contribution in [2.45, 2.75) is 18.6 Å². The lowest BCUT2D eigenvalue weighted by atomic mass is 10.2. The third-order valence-electron chi connectivity index (χ3n) is 3.17. The number of ether oxygens (including phenoxy) is 1. The lowest BCUT2D eigenvalue weighted by molar-refractivity contribution is -0.139. The Morgan fingerprint density at radius 2 is 2.21 bits per heavy atom. The Hall–Kier alpha value is -2.21. The van der Waals surface area contributed by atoms with E-state index in [4.69, 9.17) is 9.84 Å². The highest BCUT2D eigenvalue weighted by atomic mass is 16.5. The van der Waals surface area contributed by atoms with Gasteiger partial charge >= 0.3 is 5.97 Å². The maximum atomic E-state index is 10.9. The van der Waals surface area contributed by atoms with Gasteiger partial charge in [-0.2, -0.15) is 0 Å². The van der Waals surface area contributed by atoms with E-state index >= 15 is 0 Å². The van der Waals surface area contributed by atoms with Crippen LogP contribution in [0.2, 0.25) is 0 Å². The Labute approximate surface area is 109 Å². The van der Waals surface area contributed by atoms with E-state index in [9.17, 15) is 4.79 Å². The van der Waals surface area contributed by atoms with E-state index in [-0.39, 0.29) is 6.10 Å². The number of para-hydroxylation sites is 1. The zero-order valence-corrected chi connectivity index (χ0v) is 10.1. The Morgan fingerprint density at radius 1 is 1.37 bits per heavy atom. The van der Waals surface area contributed by atoms with Gasteiger partial charge in [-0.15, -0.1) is 0 Å². The van der Waals surface area contributed by atoms with Crippen LogP contribution >= 0.6 is 0 Å². The number of benzene rings is 1. The quantitative estimate of drug-likeness (QED) is 0.849. The van der Waals surface area contributed by atoms with E-state index in [0.717, 1.165) is 10.9 Å². The first-order valence-electron chi connectivity index (χ1n) is 6.06. The number of nitrogens with zero attached hydrogens (tertiary/aromatic N) is 2. The maximum Gasteiger partial charge on any atom is 0.320 e. The minimum atomic E-state index is -0.848. The summed E-state index contributed by atoms with van der Waals surface area (Å²) in [5, 5.41) is 12.7. The summed E-state index contributed by atoms with van der Waals surface area (Å²) in [6, 6.07) is 7.03. The van der Waals surface area contributed by atoms with E-state index < -0.39 is 12.0 Å². The Morgan fingerprint density at radius 3 is 3.00 bits per heavy atom. The molecule has 19 heavy (non-hydrogen) atoms. The molecule has 6 nitrogen and oxygen atoms in total. The number of nitrogens with one attached hydrogen (secondary N) is 1. The monoisotopic (exact) mass is 259 g/mol. The summed E-state index contributed by atoms with van der Waals surface area (Å²) in [4.78, 5) is 19.2. The number of carbonyl (C=O) groups is 1. The fourth-order valence-corrected chi connectivity index (χ4v) is 2.21. The first-order chi connectivity index (χ1) is 9.24. The molecule has 2 heterocycles. The first-order valence-corrected chi connectivity index (χ1v) is 6.06. The van der Waals surface area contributed by atoms with E-state index in [1.165, 1.54) is 6.33 Å². The molecule has 1 aromatic carbocycles. The lowest BCUT2D eigenvalue weighted by Crippen LogP contribution is -2.30. The number of fused-ring (bicyclic) bond motifs is 1. The molecule has 2 unspecified atom stereocenters. The Kier molecular flexibility index (Phi) is 3.00. The molecule has 1 aliphatic heterocycles. The van der Waals surface area contributed by atoms with Gasteiger partial charge in [0.05, 0.1) is 10.9 Å². The van der Waals surface area contributed by atoms with Crippen LogP contribution in [0.1, 0.15) is 6.42 Å². The van der Waals surface area contributed by atoms with Gasteiger partial charge < -0.3 is 15.2 Å². The smallest absolute Gasteiger partial charge is 0.320 e. The van der Waals surface area contributed by atoms with Crippen LogP contribution in [0.5, 0.6) is 5.88 Å². The van der Waals surface area contributed by atoms with Crippen molar-refractivity contribution in [3.05, 3.63) is 30.6 Å². The van der Waals surface area contributed by atoms with Crippen molar-refractivity contribution >= 4 is 16.9 Å². The van der Waals surface area contributed by atoms with Crippen LogP contribution in [0.4, 0.5) is 0 Å². The van der Waals surface area contributed by atoms with Crippen LogP contribution in [0.3, 0.4) is 0 Å². The molecule has 0 bridgehead atoms. The summed E-state index contributed by atoms with van der Waals surface area (Å²) < 4.78 is 5.79. The fourth-order valence-electron chi connectivity index (χ4n) is 2.21. The molecule has 0 amide bonds. The number of carboxylic acid groups (broad SMARTS) is 1. The van der Waals surface area contributed by atoms with Gasteiger partial charge in [-0.05, 0) is 12.1 Å². The molecular formula is C13H13N3O3. The lowest BCUT2D eigenvalue weighted by Gasteiger charge is -2.12. The summed E-state index contributed by atoms with van der Waals surface area (Å²) in [6.45, 7) is 0.509. The highest BCUT2D eigenvalue weighted by Crippen LogP contribution is 2.23. The Balaban J connectivity index is 1.81. The molecule has 1 saturated heterocycles. The number of hydrogen-bond donors (Lipinski definition) is 2. The molecular weight excluding hydrogens is 246 g/mol. The average molecular weight is 259 g/mol. The van der Waals surface area contributed by atoms with Gasteiger partial charge in [0, 0.05) is 13.0 Å². The molecule has 1 aliphatic rings. The molecule has 2 atom stereocenters. The minimum Gasteiger partial charge on any atom is -0.480 e. The second-order valence-electron chi connectivity index (χ2n) is 4.47. The van der Waals surface area contributed by atoms with Crippen LogP contribution in [-0.2, 0) is 4.79 Å². The van der Waals surface area contributed by atoms with Gasteiger partial charge in [0.25, 0.3) is 0 Å². The summed E-state index contributed by atoms with van der Waals surface area (Å²) >= 11 is 0. The van der Waals surface area contributed by atoms with Crippen LogP contribution in [0, 0.1) is 0 Å². The SMILES string of the molecule is O=C(O)C1CC(Oc2ncnc3ccccc23)CN1. The molecule has 0 saturated carbocycles. The topological polar surface area (TPSA) is 84.3 Å². The summed E-state index contributed by atoms with van der Waals surface area (Å²) in [5.74, 6) is -0.345. The van der Waals surface area contributed by atoms with Gasteiger partial charge in [-0.3, -0.25) is 4.79 Å². The second kappa shape index (κ2) is 4.81. The summed E-state index contributed by atoms with van der Waals surface area (Å²) in [6.07, 6.45) is 1.71. The number of hydrogen-bond acceptors (Lipinski definition) is 5. The standard InChI is InChI=1S/C13H13N3O3/c17-13(18)11-5-8(6-14-11)19-12-9-3-1-2-4-10(9)15-7-16-12/h1-4,7-8,11,14H,5-6H2,(H,17,18). The van der Waals surface area contributed by atoms with Crippen LogP contribution in [-0.4, -0.2) is 39.7 Å². The van der Waals surface area contributed by atoms with Gasteiger partial charge in [-0.1, -0.05) is 12.1 Å². The zero-order valence-electron chi connectivity index (χ0n) is 10.1. The third-order valence-corrected chi connectivity index (χ3v) is 3.17. The highest BCUT2D eigenvalue weighted by molar-refractivity contribution is 5.83. The van der Waals surface area contributed by atoms with Crippen LogP contribution < -0.4 is 10.1 Å². The van der Waals surface area contributed by atoms with Crippen molar-refractivity contribution in [2.24, 2.45) is 0 Å². The fraction of sp³-hybridized carbons (Fsp3) is 0.308. The molecule has 2 aromatic rings. The first kappa shape index (κ1) is 11.9. The van der Waals surface area contributed by atoms with Gasteiger partial charge in [0.15, 0.2) is 0 Å². The maximum absolute atomic E-state index is 10.9. The predicted molar refractivity (Wildman–Crippen MR) is 68.0 cm³/mol. The van der Waals surface area contributed by atoms with E-state index in [1.54, 1.807) is 0 Å². The van der Waals surface area contributed by atoms with Crippen molar-refractivity contribution in [1.82, 2.24) is 15.3 Å². The van der Waals surface area contributed by atoms with Crippen LogP contribution in [0.15, 0.2) is 30.6 Å². The molecule has 6 heteroatoms. The number of rotatable bonds is 3. The third kappa shape index (κ3) is 2.34. The predicted octanol–water partition coefficient (Wildman–Crippen LogP) is 0.824. The second-order valence-corrected chi connectivity index (χ2v) is 4.47. The number of aliphatic carboxylic acids is 1. The van der Waals surface area contributed by atoms with Crippen LogP contribution in [0.25, 0.3) is 10.9 Å². The van der Waals surface area contributed by atoms with E-state index in [1.807, 2.05) is 24.3 Å². The van der Waals surface area contributed by atoms with E-state index in [0.29, 0.717) is 18.8 Å². The average Bonchev–Trinajstić information content (AvgIpc) is 2.88. The normalized spacial score (nSPS) is 22.5. The minimum absolute atomic E-state index is 0.181. The largest absolute Gasteiger partial charge is 0.480 e. The molecule has 1 aromatic heterocycles. The van der Waals surface area contributed by atoms with Crippen molar-refractivity contribution in [2.75, 3.05) is 6.54 Å². The summed E-state index contributed by atoms with van der Waals surface area (Å²) in [5.41, 5.74) is 0.813. The van der Waals surface area contributed by atoms with Gasteiger partial charge in [-0.25, -0.2) is 9.97 Å². The molecule has 0 spiro atoms. The molecule has 1 fully saturated rings.